The molecule has 154 valence electrons. The first-order valence-electron chi connectivity index (χ1n) is 9.84. The van der Waals surface area contributed by atoms with Gasteiger partial charge in [-0.05, 0) is 67.6 Å². The SMILES string of the molecule is O=C(NNc1ccc(S(=O)(=O)NC2CC2)cc1)C1(c2ccc(Br)cc2)CCCC1. The molecule has 0 aromatic heterocycles. The number of amides is 1. The average Bonchev–Trinajstić information content (AvgIpc) is 3.37. The van der Waals surface area contributed by atoms with Crippen LogP contribution in [-0.4, -0.2) is 20.4 Å². The molecule has 0 spiro atoms. The van der Waals surface area contributed by atoms with E-state index in [1.807, 2.05) is 24.3 Å². The first-order chi connectivity index (χ1) is 13.9. The Bertz CT molecular complexity index is 981. The van der Waals surface area contributed by atoms with Crippen molar-refractivity contribution in [2.45, 2.75) is 54.9 Å². The van der Waals surface area contributed by atoms with Crippen LogP contribution in [0.1, 0.15) is 44.1 Å². The highest BCUT2D eigenvalue weighted by Crippen LogP contribution is 2.41. The zero-order chi connectivity index (χ0) is 20.5. The van der Waals surface area contributed by atoms with Gasteiger partial charge in [-0.3, -0.25) is 15.6 Å². The fraction of sp³-hybridized carbons (Fsp3) is 0.381. The number of anilines is 1. The van der Waals surface area contributed by atoms with Crippen molar-refractivity contribution in [3.8, 4) is 0 Å². The predicted octanol–water partition coefficient (Wildman–Crippen LogP) is 3.84. The van der Waals surface area contributed by atoms with Crippen molar-refractivity contribution in [3.63, 3.8) is 0 Å². The number of nitrogens with one attached hydrogen (secondary N) is 3. The van der Waals surface area contributed by atoms with Crippen LogP contribution in [0.5, 0.6) is 0 Å². The second-order valence-corrected chi connectivity index (χ2v) is 10.4. The average molecular weight is 478 g/mol. The van der Waals surface area contributed by atoms with Crippen molar-refractivity contribution in [2.24, 2.45) is 0 Å². The van der Waals surface area contributed by atoms with Crippen LogP contribution in [-0.2, 0) is 20.2 Å². The summed E-state index contributed by atoms with van der Waals surface area (Å²) in [6.45, 7) is 0. The number of hydrogen-bond donors (Lipinski definition) is 3. The lowest BCUT2D eigenvalue weighted by Gasteiger charge is -2.28. The van der Waals surface area contributed by atoms with Crippen molar-refractivity contribution < 1.29 is 13.2 Å². The maximum Gasteiger partial charge on any atom is 0.248 e. The smallest absolute Gasteiger partial charge is 0.248 e. The molecule has 1 amide bonds. The van der Waals surface area contributed by atoms with Crippen LogP contribution in [0.15, 0.2) is 57.9 Å². The summed E-state index contributed by atoms with van der Waals surface area (Å²) in [4.78, 5) is 13.3. The van der Waals surface area contributed by atoms with E-state index in [0.29, 0.717) is 5.69 Å². The molecule has 2 fully saturated rings. The van der Waals surface area contributed by atoms with E-state index in [1.165, 1.54) is 0 Å². The minimum Gasteiger partial charge on any atom is -0.299 e. The van der Waals surface area contributed by atoms with E-state index in [1.54, 1.807) is 24.3 Å². The lowest BCUT2D eigenvalue weighted by Crippen LogP contribution is -2.45. The van der Waals surface area contributed by atoms with Crippen LogP contribution in [0, 0.1) is 0 Å². The summed E-state index contributed by atoms with van der Waals surface area (Å²) in [6, 6.07) is 14.4. The van der Waals surface area contributed by atoms with E-state index < -0.39 is 15.4 Å². The van der Waals surface area contributed by atoms with Crippen molar-refractivity contribution in [2.75, 3.05) is 5.43 Å². The Labute approximate surface area is 179 Å². The summed E-state index contributed by atoms with van der Waals surface area (Å²) in [5.74, 6) is -0.0654. The van der Waals surface area contributed by atoms with E-state index >= 15 is 0 Å². The zero-order valence-corrected chi connectivity index (χ0v) is 18.4. The fourth-order valence-corrected chi connectivity index (χ4v) is 5.42. The number of halogens is 1. The molecule has 2 aromatic carbocycles. The highest BCUT2D eigenvalue weighted by Gasteiger charge is 2.42. The normalized spacial score (nSPS) is 18.4. The quantitative estimate of drug-likeness (QED) is 0.528. The number of benzene rings is 2. The Morgan fingerprint density at radius 1 is 0.966 bits per heavy atom. The fourth-order valence-electron chi connectivity index (χ4n) is 3.85. The first kappa shape index (κ1) is 20.4. The predicted molar refractivity (Wildman–Crippen MR) is 116 cm³/mol. The molecule has 2 aliphatic rings. The van der Waals surface area contributed by atoms with Crippen LogP contribution in [0.25, 0.3) is 0 Å². The van der Waals surface area contributed by atoms with Gasteiger partial charge in [0.05, 0.1) is 16.0 Å². The van der Waals surface area contributed by atoms with Crippen molar-refractivity contribution in [1.82, 2.24) is 10.1 Å². The molecule has 0 saturated heterocycles. The second kappa shape index (κ2) is 8.08. The van der Waals surface area contributed by atoms with Crippen LogP contribution in [0.3, 0.4) is 0 Å². The molecule has 8 heteroatoms. The number of hydrogen-bond acceptors (Lipinski definition) is 4. The molecular weight excluding hydrogens is 454 g/mol. The molecule has 0 radical (unpaired) electrons. The topological polar surface area (TPSA) is 87.3 Å². The number of carbonyl (C=O) groups excluding carboxylic acids is 1. The van der Waals surface area contributed by atoms with Gasteiger partial charge in [-0.2, -0.15) is 0 Å². The Morgan fingerprint density at radius 2 is 1.59 bits per heavy atom. The van der Waals surface area contributed by atoms with E-state index in [9.17, 15) is 13.2 Å². The van der Waals surface area contributed by atoms with Gasteiger partial charge in [0, 0.05) is 10.5 Å². The summed E-state index contributed by atoms with van der Waals surface area (Å²) < 4.78 is 28.1. The minimum atomic E-state index is -3.48. The lowest BCUT2D eigenvalue weighted by molar-refractivity contribution is -0.126. The molecule has 0 aliphatic heterocycles. The first-order valence-corrected chi connectivity index (χ1v) is 12.1. The van der Waals surface area contributed by atoms with Gasteiger partial charge in [0.25, 0.3) is 0 Å². The van der Waals surface area contributed by atoms with Gasteiger partial charge in [0.2, 0.25) is 15.9 Å². The van der Waals surface area contributed by atoms with Gasteiger partial charge in [0.1, 0.15) is 0 Å². The number of hydrazine groups is 1. The van der Waals surface area contributed by atoms with Gasteiger partial charge in [0.15, 0.2) is 0 Å². The molecule has 6 nitrogen and oxygen atoms in total. The maximum atomic E-state index is 13.1. The van der Waals surface area contributed by atoms with Crippen molar-refractivity contribution >= 4 is 37.5 Å². The lowest BCUT2D eigenvalue weighted by atomic mass is 9.78. The van der Waals surface area contributed by atoms with Crippen LogP contribution < -0.4 is 15.6 Å². The van der Waals surface area contributed by atoms with E-state index in [4.69, 9.17) is 0 Å². The molecule has 3 N–H and O–H groups in total. The van der Waals surface area contributed by atoms with Crippen molar-refractivity contribution in [1.29, 1.82) is 0 Å². The van der Waals surface area contributed by atoms with Gasteiger partial charge in [-0.15, -0.1) is 0 Å². The zero-order valence-electron chi connectivity index (χ0n) is 15.9. The molecule has 29 heavy (non-hydrogen) atoms. The van der Waals surface area contributed by atoms with Gasteiger partial charge in [-0.1, -0.05) is 40.9 Å². The van der Waals surface area contributed by atoms with E-state index in [0.717, 1.165) is 48.6 Å². The highest BCUT2D eigenvalue weighted by atomic mass is 79.9. The molecule has 0 bridgehead atoms. The van der Waals surface area contributed by atoms with Gasteiger partial charge < -0.3 is 0 Å². The van der Waals surface area contributed by atoms with Gasteiger partial charge in [-0.25, -0.2) is 13.1 Å². The summed E-state index contributed by atoms with van der Waals surface area (Å²) >= 11 is 3.45. The molecule has 2 aromatic rings. The highest BCUT2D eigenvalue weighted by molar-refractivity contribution is 9.10. The number of sulfonamides is 1. The van der Waals surface area contributed by atoms with Crippen LogP contribution in [0.2, 0.25) is 0 Å². The standard InChI is InChI=1S/C21H24BrN3O3S/c22-16-5-3-15(4-6-16)21(13-1-2-14-21)20(26)24-23-17-9-11-19(12-10-17)29(27,28)25-18-7-8-18/h3-6,9-12,18,23,25H,1-2,7-8,13-14H2,(H,24,26). The summed E-state index contributed by atoms with van der Waals surface area (Å²) in [6.07, 6.45) is 5.45. The third-order valence-corrected chi connectivity index (χ3v) is 7.74. The third kappa shape index (κ3) is 4.49. The summed E-state index contributed by atoms with van der Waals surface area (Å²) in [7, 11) is -3.48. The second-order valence-electron chi connectivity index (χ2n) is 7.80. The van der Waals surface area contributed by atoms with Crippen molar-refractivity contribution in [3.05, 3.63) is 58.6 Å². The van der Waals surface area contributed by atoms with Crippen LogP contribution in [0.4, 0.5) is 5.69 Å². The van der Waals surface area contributed by atoms with E-state index in [2.05, 4.69) is 31.5 Å². The molecule has 0 heterocycles. The van der Waals surface area contributed by atoms with E-state index in [-0.39, 0.29) is 16.8 Å². The molecule has 4 rings (SSSR count). The summed E-state index contributed by atoms with van der Waals surface area (Å²) in [5.41, 5.74) is 6.88. The Morgan fingerprint density at radius 3 is 2.17 bits per heavy atom. The molecule has 0 unspecified atom stereocenters. The molecule has 2 aliphatic carbocycles. The largest absolute Gasteiger partial charge is 0.299 e. The Hall–Kier alpha value is -1.90. The minimum absolute atomic E-state index is 0.0654. The number of carbonyl (C=O) groups is 1. The summed E-state index contributed by atoms with van der Waals surface area (Å²) in [5, 5.41) is 0. The Kier molecular flexibility index (Phi) is 5.68. The van der Waals surface area contributed by atoms with Gasteiger partial charge >= 0.3 is 0 Å². The third-order valence-electron chi connectivity index (χ3n) is 5.67. The Balaban J connectivity index is 1.43. The molecular formula is C21H24BrN3O3S. The van der Waals surface area contributed by atoms with Crippen LogP contribution >= 0.6 is 15.9 Å². The maximum absolute atomic E-state index is 13.1. The number of rotatable bonds is 7. The molecule has 2 saturated carbocycles. The molecule has 0 atom stereocenters. The monoisotopic (exact) mass is 477 g/mol.